The molecule has 1 N–H and O–H groups in total. The van der Waals surface area contributed by atoms with Gasteiger partial charge in [0.05, 0.1) is 13.5 Å². The van der Waals surface area contributed by atoms with E-state index in [4.69, 9.17) is 4.74 Å². The Labute approximate surface area is 131 Å². The monoisotopic (exact) mass is 298 g/mol. The van der Waals surface area contributed by atoms with Gasteiger partial charge in [-0.05, 0) is 40.8 Å². The number of pyridine rings is 1. The Morgan fingerprint density at radius 1 is 1.18 bits per heavy atom. The van der Waals surface area contributed by atoms with Gasteiger partial charge in [-0.25, -0.2) is 0 Å². The van der Waals surface area contributed by atoms with E-state index in [1.54, 1.807) is 19.5 Å². The number of carbonyl (C=O) groups is 1. The standard InChI is InChI=1S/C18H22N2O2/c1-13(2)16-10-15(4-5-17(16)22-3)11-18(21)20-12-14-6-8-19-9-7-14/h4-10,13H,11-12H2,1-3H3,(H,20,21). The fraction of sp³-hybridized carbons (Fsp3) is 0.333. The average Bonchev–Trinajstić information content (AvgIpc) is 2.54. The van der Waals surface area contributed by atoms with Gasteiger partial charge in [-0.15, -0.1) is 0 Å². The molecule has 0 bridgehead atoms. The summed E-state index contributed by atoms with van der Waals surface area (Å²) >= 11 is 0. The predicted octanol–water partition coefficient (Wildman–Crippen LogP) is 3.07. The van der Waals surface area contributed by atoms with Gasteiger partial charge in [-0.3, -0.25) is 9.78 Å². The summed E-state index contributed by atoms with van der Waals surface area (Å²) in [6.07, 6.45) is 3.81. The molecule has 0 aliphatic rings. The molecule has 2 rings (SSSR count). The second-order valence-corrected chi connectivity index (χ2v) is 5.54. The number of amides is 1. The van der Waals surface area contributed by atoms with Crippen molar-refractivity contribution in [3.05, 3.63) is 59.4 Å². The number of carbonyl (C=O) groups excluding carboxylic acids is 1. The van der Waals surface area contributed by atoms with Crippen LogP contribution in [-0.2, 0) is 17.8 Å². The molecule has 0 saturated carbocycles. The van der Waals surface area contributed by atoms with Crippen molar-refractivity contribution < 1.29 is 9.53 Å². The van der Waals surface area contributed by atoms with Crippen molar-refractivity contribution in [1.82, 2.24) is 10.3 Å². The molecule has 0 fully saturated rings. The van der Waals surface area contributed by atoms with Gasteiger partial charge < -0.3 is 10.1 Å². The van der Waals surface area contributed by atoms with Crippen LogP contribution in [-0.4, -0.2) is 18.0 Å². The molecule has 116 valence electrons. The van der Waals surface area contributed by atoms with Gasteiger partial charge in [0.1, 0.15) is 5.75 Å². The lowest BCUT2D eigenvalue weighted by molar-refractivity contribution is -0.120. The molecular formula is C18H22N2O2. The van der Waals surface area contributed by atoms with Crippen LogP contribution in [0.4, 0.5) is 0 Å². The molecule has 1 aromatic carbocycles. The third kappa shape index (κ3) is 4.32. The minimum atomic E-state index is 0.0108. The molecule has 0 atom stereocenters. The van der Waals surface area contributed by atoms with Crippen LogP contribution in [0.2, 0.25) is 0 Å². The van der Waals surface area contributed by atoms with Crippen LogP contribution in [0.5, 0.6) is 5.75 Å². The quantitative estimate of drug-likeness (QED) is 0.891. The Bertz CT molecular complexity index is 624. The molecule has 22 heavy (non-hydrogen) atoms. The van der Waals surface area contributed by atoms with Gasteiger partial charge >= 0.3 is 0 Å². The van der Waals surface area contributed by atoms with E-state index in [2.05, 4.69) is 30.2 Å². The van der Waals surface area contributed by atoms with Crippen molar-refractivity contribution in [2.75, 3.05) is 7.11 Å². The van der Waals surface area contributed by atoms with E-state index in [-0.39, 0.29) is 5.91 Å². The third-order valence-corrected chi connectivity index (χ3v) is 3.52. The third-order valence-electron chi connectivity index (χ3n) is 3.52. The summed E-state index contributed by atoms with van der Waals surface area (Å²) in [5.74, 6) is 1.24. The topological polar surface area (TPSA) is 51.2 Å². The lowest BCUT2D eigenvalue weighted by Gasteiger charge is -2.13. The number of rotatable bonds is 6. The van der Waals surface area contributed by atoms with E-state index in [9.17, 15) is 4.79 Å². The van der Waals surface area contributed by atoms with Crippen molar-refractivity contribution in [3.8, 4) is 5.75 Å². The predicted molar refractivity (Wildman–Crippen MR) is 86.9 cm³/mol. The molecule has 0 aliphatic heterocycles. The second-order valence-electron chi connectivity index (χ2n) is 5.54. The number of hydrogen-bond acceptors (Lipinski definition) is 3. The second kappa shape index (κ2) is 7.59. The number of aromatic nitrogens is 1. The van der Waals surface area contributed by atoms with Crippen LogP contribution in [0.15, 0.2) is 42.7 Å². The van der Waals surface area contributed by atoms with Crippen LogP contribution >= 0.6 is 0 Å². The highest BCUT2D eigenvalue weighted by atomic mass is 16.5. The van der Waals surface area contributed by atoms with Gasteiger partial charge in [-0.2, -0.15) is 0 Å². The summed E-state index contributed by atoms with van der Waals surface area (Å²) < 4.78 is 5.37. The molecule has 0 saturated heterocycles. The Kier molecular flexibility index (Phi) is 5.53. The lowest BCUT2D eigenvalue weighted by atomic mass is 9.98. The van der Waals surface area contributed by atoms with Crippen molar-refractivity contribution in [2.24, 2.45) is 0 Å². The van der Waals surface area contributed by atoms with E-state index < -0.39 is 0 Å². The summed E-state index contributed by atoms with van der Waals surface area (Å²) in [7, 11) is 1.67. The molecule has 1 aromatic heterocycles. The van der Waals surface area contributed by atoms with Gasteiger partial charge in [0, 0.05) is 18.9 Å². The summed E-state index contributed by atoms with van der Waals surface area (Å²) in [5, 5.41) is 2.93. The molecule has 2 aromatic rings. The summed E-state index contributed by atoms with van der Waals surface area (Å²) in [6.45, 7) is 4.75. The first-order valence-electron chi connectivity index (χ1n) is 7.42. The zero-order valence-corrected chi connectivity index (χ0v) is 13.3. The fourth-order valence-corrected chi connectivity index (χ4v) is 2.29. The molecule has 1 heterocycles. The number of hydrogen-bond donors (Lipinski definition) is 1. The summed E-state index contributed by atoms with van der Waals surface area (Å²) in [6, 6.07) is 9.71. The summed E-state index contributed by atoms with van der Waals surface area (Å²) in [4.78, 5) is 16.0. The van der Waals surface area contributed by atoms with Crippen molar-refractivity contribution >= 4 is 5.91 Å². The van der Waals surface area contributed by atoms with Crippen LogP contribution in [0.1, 0.15) is 36.5 Å². The lowest BCUT2D eigenvalue weighted by Crippen LogP contribution is -2.24. The maximum absolute atomic E-state index is 12.1. The largest absolute Gasteiger partial charge is 0.496 e. The molecule has 4 nitrogen and oxygen atoms in total. The van der Waals surface area contributed by atoms with Gasteiger partial charge in [0.25, 0.3) is 0 Å². The zero-order chi connectivity index (χ0) is 15.9. The molecule has 0 unspecified atom stereocenters. The van der Waals surface area contributed by atoms with Crippen LogP contribution in [0, 0.1) is 0 Å². The minimum absolute atomic E-state index is 0.0108. The minimum Gasteiger partial charge on any atom is -0.496 e. The molecule has 0 spiro atoms. The molecule has 1 amide bonds. The van der Waals surface area contributed by atoms with Crippen LogP contribution in [0.25, 0.3) is 0 Å². The van der Waals surface area contributed by atoms with Gasteiger partial charge in [0.15, 0.2) is 0 Å². The molecular weight excluding hydrogens is 276 g/mol. The molecule has 4 heteroatoms. The first-order valence-corrected chi connectivity index (χ1v) is 7.42. The summed E-state index contributed by atoms with van der Waals surface area (Å²) in [5.41, 5.74) is 3.17. The fourth-order valence-electron chi connectivity index (χ4n) is 2.29. The highest BCUT2D eigenvalue weighted by molar-refractivity contribution is 5.78. The Morgan fingerprint density at radius 2 is 1.91 bits per heavy atom. The van der Waals surface area contributed by atoms with Gasteiger partial charge in [-0.1, -0.05) is 26.0 Å². The Morgan fingerprint density at radius 3 is 2.55 bits per heavy atom. The number of nitrogens with zero attached hydrogens (tertiary/aromatic N) is 1. The Hall–Kier alpha value is -2.36. The SMILES string of the molecule is COc1ccc(CC(=O)NCc2ccncc2)cc1C(C)C. The first kappa shape index (κ1) is 16.0. The normalized spacial score (nSPS) is 10.5. The smallest absolute Gasteiger partial charge is 0.224 e. The van der Waals surface area contributed by atoms with Crippen LogP contribution in [0.3, 0.4) is 0 Å². The van der Waals surface area contributed by atoms with Crippen molar-refractivity contribution in [3.63, 3.8) is 0 Å². The van der Waals surface area contributed by atoms with E-state index in [1.165, 1.54) is 0 Å². The highest BCUT2D eigenvalue weighted by Gasteiger charge is 2.10. The molecule has 0 aliphatic carbocycles. The zero-order valence-electron chi connectivity index (χ0n) is 13.3. The maximum atomic E-state index is 12.1. The van der Waals surface area contributed by atoms with Crippen molar-refractivity contribution in [2.45, 2.75) is 32.7 Å². The van der Waals surface area contributed by atoms with E-state index in [1.807, 2.05) is 24.3 Å². The van der Waals surface area contributed by atoms with E-state index in [0.717, 1.165) is 22.4 Å². The maximum Gasteiger partial charge on any atom is 0.224 e. The first-order chi connectivity index (χ1) is 10.6. The van der Waals surface area contributed by atoms with E-state index in [0.29, 0.717) is 18.9 Å². The average molecular weight is 298 g/mol. The molecule has 0 radical (unpaired) electrons. The number of benzene rings is 1. The van der Waals surface area contributed by atoms with E-state index >= 15 is 0 Å². The number of nitrogens with one attached hydrogen (secondary N) is 1. The highest BCUT2D eigenvalue weighted by Crippen LogP contribution is 2.27. The van der Waals surface area contributed by atoms with Crippen LogP contribution < -0.4 is 10.1 Å². The number of ether oxygens (including phenoxy) is 1. The van der Waals surface area contributed by atoms with Gasteiger partial charge in [0.2, 0.25) is 5.91 Å². The Balaban J connectivity index is 1.98. The number of methoxy groups -OCH3 is 1. The van der Waals surface area contributed by atoms with Crippen molar-refractivity contribution in [1.29, 1.82) is 0 Å².